The summed E-state index contributed by atoms with van der Waals surface area (Å²) in [6, 6.07) is 4.27. The highest BCUT2D eigenvalue weighted by Crippen LogP contribution is 2.30. The van der Waals surface area contributed by atoms with Gasteiger partial charge in [-0.05, 0) is 42.9 Å². The molecule has 0 saturated heterocycles. The van der Waals surface area contributed by atoms with E-state index in [-0.39, 0.29) is 23.9 Å². The molecule has 7 heteroatoms. The number of nitro groups is 1. The first-order valence-electron chi connectivity index (χ1n) is 5.90. The summed E-state index contributed by atoms with van der Waals surface area (Å²) in [4.78, 5) is 10.2. The maximum atomic E-state index is 10.7. The molecule has 0 amide bonds. The van der Waals surface area contributed by atoms with Gasteiger partial charge in [-0.15, -0.1) is 0 Å². The first-order valence-corrected chi connectivity index (χ1v) is 6.69. The summed E-state index contributed by atoms with van der Waals surface area (Å²) in [5.74, 6) is 0.537. The van der Waals surface area contributed by atoms with Crippen LogP contribution in [0.2, 0.25) is 0 Å². The second kappa shape index (κ2) is 6.83. The molecular formula is C12H18BrN3O3. The summed E-state index contributed by atoms with van der Waals surface area (Å²) in [6.45, 7) is 3.82. The van der Waals surface area contributed by atoms with Crippen molar-refractivity contribution in [3.8, 4) is 5.75 Å². The van der Waals surface area contributed by atoms with Crippen LogP contribution < -0.4 is 15.8 Å². The Kier molecular flexibility index (Phi) is 5.71. The van der Waals surface area contributed by atoms with Crippen molar-refractivity contribution in [3.63, 3.8) is 0 Å². The van der Waals surface area contributed by atoms with E-state index in [1.165, 1.54) is 12.1 Å². The van der Waals surface area contributed by atoms with Crippen LogP contribution in [0.1, 0.15) is 13.8 Å². The highest BCUT2D eigenvalue weighted by molar-refractivity contribution is 9.10. The highest BCUT2D eigenvalue weighted by Gasteiger charge is 2.23. The molecule has 19 heavy (non-hydrogen) atoms. The molecule has 0 spiro atoms. The van der Waals surface area contributed by atoms with Gasteiger partial charge in [0.05, 0.1) is 9.40 Å². The Labute approximate surface area is 120 Å². The second-order valence-electron chi connectivity index (χ2n) is 4.39. The molecule has 3 N–H and O–H groups in total. The summed E-state index contributed by atoms with van der Waals surface area (Å²) in [5.41, 5.74) is 5.91. The summed E-state index contributed by atoms with van der Waals surface area (Å²) in [6.07, 6.45) is -0.234. The molecule has 1 aromatic rings. The van der Waals surface area contributed by atoms with Gasteiger partial charge in [-0.1, -0.05) is 0 Å². The Hall–Kier alpha value is -1.18. The summed E-state index contributed by atoms with van der Waals surface area (Å²) in [7, 11) is 1.83. The molecule has 0 unspecified atom stereocenters. The van der Waals surface area contributed by atoms with Crippen LogP contribution in [0.15, 0.2) is 22.7 Å². The molecule has 0 heterocycles. The van der Waals surface area contributed by atoms with Crippen molar-refractivity contribution in [2.24, 2.45) is 5.73 Å². The molecule has 0 aliphatic heterocycles. The minimum absolute atomic E-state index is 0.0123. The molecule has 3 atom stereocenters. The van der Waals surface area contributed by atoms with Crippen molar-refractivity contribution >= 4 is 21.6 Å². The average Bonchev–Trinajstić information content (AvgIpc) is 2.35. The SMILES string of the molecule is CN[C@@H](C)[C@H](Oc1ccc([N+](=O)[O-])cc1Br)[C@@H](C)N. The van der Waals surface area contributed by atoms with Crippen molar-refractivity contribution in [1.29, 1.82) is 0 Å². The number of benzene rings is 1. The lowest BCUT2D eigenvalue weighted by atomic mass is 10.1. The molecule has 0 bridgehead atoms. The first kappa shape index (κ1) is 15.9. The number of nitrogens with two attached hydrogens (primary N) is 1. The number of hydrogen-bond donors (Lipinski definition) is 2. The van der Waals surface area contributed by atoms with E-state index in [1.807, 2.05) is 20.9 Å². The van der Waals surface area contributed by atoms with E-state index in [0.29, 0.717) is 10.2 Å². The first-order chi connectivity index (χ1) is 8.86. The van der Waals surface area contributed by atoms with Gasteiger partial charge >= 0.3 is 0 Å². The third-order valence-corrected chi connectivity index (χ3v) is 3.48. The fraction of sp³-hybridized carbons (Fsp3) is 0.500. The number of halogens is 1. The van der Waals surface area contributed by atoms with Crippen molar-refractivity contribution in [1.82, 2.24) is 5.32 Å². The van der Waals surface area contributed by atoms with E-state index in [9.17, 15) is 10.1 Å². The highest BCUT2D eigenvalue weighted by atomic mass is 79.9. The van der Waals surface area contributed by atoms with E-state index >= 15 is 0 Å². The van der Waals surface area contributed by atoms with Crippen molar-refractivity contribution in [2.45, 2.75) is 32.0 Å². The van der Waals surface area contributed by atoms with E-state index in [0.717, 1.165) is 0 Å². The van der Waals surface area contributed by atoms with E-state index in [4.69, 9.17) is 10.5 Å². The minimum atomic E-state index is -0.451. The molecule has 0 saturated carbocycles. The maximum absolute atomic E-state index is 10.7. The van der Waals surface area contributed by atoms with Crippen LogP contribution in [0.3, 0.4) is 0 Å². The molecule has 6 nitrogen and oxygen atoms in total. The van der Waals surface area contributed by atoms with Gasteiger partial charge in [0.1, 0.15) is 11.9 Å². The molecule has 0 aliphatic carbocycles. The molecule has 0 radical (unpaired) electrons. The molecule has 106 valence electrons. The number of nitrogens with zero attached hydrogens (tertiary/aromatic N) is 1. The molecule has 0 fully saturated rings. The van der Waals surface area contributed by atoms with Gasteiger partial charge in [0.25, 0.3) is 5.69 Å². The maximum Gasteiger partial charge on any atom is 0.270 e. The Morgan fingerprint density at radius 1 is 1.47 bits per heavy atom. The lowest BCUT2D eigenvalue weighted by molar-refractivity contribution is -0.385. The average molecular weight is 332 g/mol. The fourth-order valence-corrected chi connectivity index (χ4v) is 2.13. The van der Waals surface area contributed by atoms with E-state index < -0.39 is 4.92 Å². The van der Waals surface area contributed by atoms with E-state index in [2.05, 4.69) is 21.2 Å². The number of ether oxygens (including phenoxy) is 1. The van der Waals surface area contributed by atoms with Gasteiger partial charge in [-0.3, -0.25) is 10.1 Å². The molecular weight excluding hydrogens is 314 g/mol. The van der Waals surface area contributed by atoms with Gasteiger partial charge < -0.3 is 15.8 Å². The van der Waals surface area contributed by atoms with Gasteiger partial charge in [0.2, 0.25) is 0 Å². The summed E-state index contributed by atoms with van der Waals surface area (Å²) in [5, 5.41) is 13.8. The van der Waals surface area contributed by atoms with Crippen LogP contribution in [0.5, 0.6) is 5.75 Å². The van der Waals surface area contributed by atoms with Crippen molar-refractivity contribution in [3.05, 3.63) is 32.8 Å². The number of hydrogen-bond acceptors (Lipinski definition) is 5. The lowest BCUT2D eigenvalue weighted by Crippen LogP contribution is -2.49. The fourth-order valence-electron chi connectivity index (χ4n) is 1.67. The largest absolute Gasteiger partial charge is 0.486 e. The Balaban J connectivity index is 2.94. The molecule has 0 aromatic heterocycles. The predicted octanol–water partition coefficient (Wildman–Crippen LogP) is 2.06. The summed E-state index contributed by atoms with van der Waals surface area (Å²) < 4.78 is 6.37. The zero-order valence-electron chi connectivity index (χ0n) is 11.1. The monoisotopic (exact) mass is 331 g/mol. The third kappa shape index (κ3) is 4.15. The van der Waals surface area contributed by atoms with Crippen LogP contribution in [0.4, 0.5) is 5.69 Å². The van der Waals surface area contributed by atoms with Gasteiger partial charge in [-0.25, -0.2) is 0 Å². The molecule has 0 aliphatic rings. The Bertz CT molecular complexity index is 454. The number of nitro benzene ring substituents is 1. The van der Waals surface area contributed by atoms with Crippen LogP contribution in [-0.4, -0.2) is 30.2 Å². The standard InChI is InChI=1S/C12H18BrN3O3/c1-7(14)12(8(2)15-3)19-11-5-4-9(16(17)18)6-10(11)13/h4-8,12,15H,14H2,1-3H3/t7-,8+,12-/m1/s1. The van der Waals surface area contributed by atoms with Crippen molar-refractivity contribution in [2.75, 3.05) is 7.05 Å². The zero-order valence-corrected chi connectivity index (χ0v) is 12.7. The van der Waals surface area contributed by atoms with Gasteiger partial charge in [0, 0.05) is 24.2 Å². The smallest absolute Gasteiger partial charge is 0.270 e. The van der Waals surface area contributed by atoms with Crippen LogP contribution in [0.25, 0.3) is 0 Å². The molecule has 1 rings (SSSR count). The number of likely N-dealkylation sites (N-methyl/N-ethyl adjacent to an activating group) is 1. The lowest BCUT2D eigenvalue weighted by Gasteiger charge is -2.28. The number of nitrogens with one attached hydrogen (secondary N) is 1. The quantitative estimate of drug-likeness (QED) is 0.615. The normalized spacial score (nSPS) is 15.6. The van der Waals surface area contributed by atoms with Gasteiger partial charge in [-0.2, -0.15) is 0 Å². The van der Waals surface area contributed by atoms with Crippen LogP contribution in [0, 0.1) is 10.1 Å². The third-order valence-electron chi connectivity index (χ3n) is 2.86. The Morgan fingerprint density at radius 3 is 2.53 bits per heavy atom. The zero-order chi connectivity index (χ0) is 14.6. The van der Waals surface area contributed by atoms with E-state index in [1.54, 1.807) is 6.07 Å². The predicted molar refractivity (Wildman–Crippen MR) is 77.4 cm³/mol. The van der Waals surface area contributed by atoms with Crippen molar-refractivity contribution < 1.29 is 9.66 Å². The Morgan fingerprint density at radius 2 is 2.11 bits per heavy atom. The number of non-ortho nitro benzene ring substituents is 1. The minimum Gasteiger partial charge on any atom is -0.486 e. The second-order valence-corrected chi connectivity index (χ2v) is 5.25. The number of rotatable bonds is 6. The summed E-state index contributed by atoms with van der Waals surface area (Å²) >= 11 is 3.27. The van der Waals surface area contributed by atoms with Gasteiger partial charge in [0.15, 0.2) is 0 Å². The van der Waals surface area contributed by atoms with Crippen LogP contribution >= 0.6 is 15.9 Å². The molecule has 1 aromatic carbocycles. The topological polar surface area (TPSA) is 90.4 Å². The van der Waals surface area contributed by atoms with Crippen LogP contribution in [-0.2, 0) is 0 Å².